The Bertz CT molecular complexity index is 555. The van der Waals surface area contributed by atoms with Crippen LogP contribution >= 0.6 is 23.2 Å². The molecule has 0 aliphatic carbocycles. The van der Waals surface area contributed by atoms with E-state index in [0.29, 0.717) is 22.5 Å². The van der Waals surface area contributed by atoms with Crippen LogP contribution in [0.3, 0.4) is 0 Å². The molecule has 0 atom stereocenters. The molecule has 0 aliphatic heterocycles. The highest BCUT2D eigenvalue weighted by molar-refractivity contribution is 6.32. The smallest absolute Gasteiger partial charge is 0.135 e. The predicted molar refractivity (Wildman–Crippen MR) is 62.5 cm³/mol. The molecular formula is C11H7Cl2N3. The summed E-state index contributed by atoms with van der Waals surface area (Å²) in [6, 6.07) is 9.15. The molecule has 2 aromatic rings. The van der Waals surface area contributed by atoms with Crippen LogP contribution in [-0.4, -0.2) is 9.55 Å². The minimum absolute atomic E-state index is 0.363. The molecule has 2 rings (SSSR count). The molecule has 0 radical (unpaired) electrons. The van der Waals surface area contributed by atoms with E-state index in [1.807, 2.05) is 12.3 Å². The fraction of sp³-hybridized carbons (Fsp3) is 0.0909. The Morgan fingerprint density at radius 1 is 1.31 bits per heavy atom. The molecule has 0 bridgehead atoms. The van der Waals surface area contributed by atoms with E-state index in [4.69, 9.17) is 28.5 Å². The average molecular weight is 252 g/mol. The highest BCUT2D eigenvalue weighted by Crippen LogP contribution is 2.18. The van der Waals surface area contributed by atoms with E-state index in [1.165, 1.54) is 0 Å². The van der Waals surface area contributed by atoms with E-state index in [2.05, 4.69) is 11.1 Å². The average Bonchev–Trinajstić information content (AvgIpc) is 2.69. The molecular weight excluding hydrogens is 245 g/mol. The van der Waals surface area contributed by atoms with Crippen LogP contribution in [-0.2, 0) is 6.54 Å². The number of hydrogen-bond acceptors (Lipinski definition) is 2. The third-order valence-corrected chi connectivity index (χ3v) is 2.71. The van der Waals surface area contributed by atoms with Crippen LogP contribution in [0.25, 0.3) is 0 Å². The fourth-order valence-corrected chi connectivity index (χ4v) is 1.80. The Morgan fingerprint density at radius 3 is 2.81 bits per heavy atom. The van der Waals surface area contributed by atoms with E-state index in [-0.39, 0.29) is 0 Å². The van der Waals surface area contributed by atoms with Crippen LogP contribution in [0, 0.1) is 11.3 Å². The van der Waals surface area contributed by atoms with Gasteiger partial charge in [0.2, 0.25) is 0 Å². The van der Waals surface area contributed by atoms with Gasteiger partial charge in [0.25, 0.3) is 0 Å². The number of pyridine rings is 1. The van der Waals surface area contributed by atoms with Crippen LogP contribution in [0.4, 0.5) is 0 Å². The molecule has 0 fully saturated rings. The molecule has 0 saturated carbocycles. The van der Waals surface area contributed by atoms with E-state index in [1.54, 1.807) is 22.8 Å². The normalized spacial score (nSPS) is 10.1. The van der Waals surface area contributed by atoms with Crippen molar-refractivity contribution in [1.82, 2.24) is 9.55 Å². The molecule has 80 valence electrons. The number of aromatic nitrogens is 2. The summed E-state index contributed by atoms with van der Waals surface area (Å²) in [7, 11) is 0. The summed E-state index contributed by atoms with van der Waals surface area (Å²) in [4.78, 5) is 3.94. The third-order valence-electron chi connectivity index (χ3n) is 2.18. The van der Waals surface area contributed by atoms with Crippen molar-refractivity contribution in [1.29, 1.82) is 5.26 Å². The monoisotopic (exact) mass is 251 g/mol. The summed E-state index contributed by atoms with van der Waals surface area (Å²) < 4.78 is 1.80. The van der Waals surface area contributed by atoms with Gasteiger partial charge in [-0.05, 0) is 18.2 Å². The van der Waals surface area contributed by atoms with Crippen LogP contribution < -0.4 is 0 Å². The summed E-state index contributed by atoms with van der Waals surface area (Å²) in [6.07, 6.45) is 1.82. The first-order chi connectivity index (χ1) is 7.70. The maximum absolute atomic E-state index is 8.86. The lowest BCUT2D eigenvalue weighted by Gasteiger charge is -2.06. The molecule has 0 saturated heterocycles. The minimum Gasteiger partial charge on any atom is -0.335 e. The second-order valence-electron chi connectivity index (χ2n) is 3.22. The van der Waals surface area contributed by atoms with Gasteiger partial charge in [-0.1, -0.05) is 29.3 Å². The molecule has 0 amide bonds. The van der Waals surface area contributed by atoms with E-state index < -0.39 is 0 Å². The van der Waals surface area contributed by atoms with Crippen LogP contribution in [0.5, 0.6) is 0 Å². The van der Waals surface area contributed by atoms with E-state index in [9.17, 15) is 0 Å². The summed E-state index contributed by atoms with van der Waals surface area (Å²) in [5.41, 5.74) is 1.42. The lowest BCUT2D eigenvalue weighted by molar-refractivity contribution is 0.790. The summed E-state index contributed by atoms with van der Waals surface area (Å²) in [5, 5.41) is 9.59. The molecule has 0 aliphatic rings. The number of hydrogen-bond donors (Lipinski definition) is 0. The molecule has 0 N–H and O–H groups in total. The number of nitriles is 1. The number of halogens is 2. The second-order valence-corrected chi connectivity index (χ2v) is 3.96. The van der Waals surface area contributed by atoms with Gasteiger partial charge in [0.05, 0.1) is 6.54 Å². The maximum Gasteiger partial charge on any atom is 0.135 e. The molecule has 3 nitrogen and oxygen atoms in total. The molecule has 5 heteroatoms. The summed E-state index contributed by atoms with van der Waals surface area (Å²) >= 11 is 11.7. The molecule has 0 unspecified atom stereocenters. The highest BCUT2D eigenvalue weighted by Gasteiger charge is 2.05. The number of nitrogens with zero attached hydrogens (tertiary/aromatic N) is 3. The number of rotatable bonds is 2. The van der Waals surface area contributed by atoms with Gasteiger partial charge >= 0.3 is 0 Å². The van der Waals surface area contributed by atoms with Gasteiger partial charge in [-0.15, -0.1) is 0 Å². The van der Waals surface area contributed by atoms with E-state index in [0.717, 1.165) is 5.56 Å². The summed E-state index contributed by atoms with van der Waals surface area (Å²) in [6.45, 7) is 0.513. The Hall–Kier alpha value is -1.50. The lowest BCUT2D eigenvalue weighted by atomic mass is 10.3. The van der Waals surface area contributed by atoms with Crippen molar-refractivity contribution in [3.8, 4) is 6.07 Å². The Morgan fingerprint density at radius 2 is 2.12 bits per heavy atom. The van der Waals surface area contributed by atoms with Crippen molar-refractivity contribution in [2.75, 3.05) is 0 Å². The van der Waals surface area contributed by atoms with Crippen LogP contribution in [0.1, 0.15) is 11.3 Å². The quantitative estimate of drug-likeness (QED) is 0.770. The van der Waals surface area contributed by atoms with Crippen LogP contribution in [0.2, 0.25) is 10.3 Å². The first-order valence-electron chi connectivity index (χ1n) is 4.57. The van der Waals surface area contributed by atoms with Crippen LogP contribution in [0.15, 0.2) is 30.5 Å². The zero-order valence-electron chi connectivity index (χ0n) is 8.19. The Labute approximate surface area is 103 Å². The SMILES string of the molecule is N#Cc1cccn1Cc1ccc(Cl)nc1Cl. The van der Waals surface area contributed by atoms with Crippen molar-refractivity contribution >= 4 is 23.2 Å². The molecule has 0 spiro atoms. The van der Waals surface area contributed by atoms with Crippen molar-refractivity contribution in [2.45, 2.75) is 6.54 Å². The van der Waals surface area contributed by atoms with Gasteiger partial charge in [-0.3, -0.25) is 0 Å². The van der Waals surface area contributed by atoms with Gasteiger partial charge in [0.15, 0.2) is 0 Å². The largest absolute Gasteiger partial charge is 0.335 e. The molecule has 16 heavy (non-hydrogen) atoms. The topological polar surface area (TPSA) is 41.6 Å². The zero-order chi connectivity index (χ0) is 11.5. The van der Waals surface area contributed by atoms with E-state index >= 15 is 0 Å². The van der Waals surface area contributed by atoms with Gasteiger partial charge in [0, 0.05) is 11.8 Å². The first-order valence-corrected chi connectivity index (χ1v) is 5.32. The lowest BCUT2D eigenvalue weighted by Crippen LogP contribution is -2.02. The maximum atomic E-state index is 8.86. The molecule has 2 heterocycles. The third kappa shape index (κ3) is 2.19. The van der Waals surface area contributed by atoms with Crippen molar-refractivity contribution in [3.63, 3.8) is 0 Å². The second kappa shape index (κ2) is 4.56. The minimum atomic E-state index is 0.363. The van der Waals surface area contributed by atoms with Gasteiger partial charge in [-0.25, -0.2) is 4.98 Å². The van der Waals surface area contributed by atoms with Gasteiger partial charge < -0.3 is 4.57 Å². The Kier molecular flexibility index (Phi) is 3.14. The Balaban J connectivity index is 2.31. The highest BCUT2D eigenvalue weighted by atomic mass is 35.5. The van der Waals surface area contributed by atoms with Crippen molar-refractivity contribution < 1.29 is 0 Å². The van der Waals surface area contributed by atoms with Crippen molar-refractivity contribution in [3.05, 3.63) is 52.0 Å². The molecule has 0 aromatic carbocycles. The zero-order valence-corrected chi connectivity index (χ0v) is 9.70. The predicted octanol–water partition coefficient (Wildman–Crippen LogP) is 3.11. The summed E-state index contributed by atoms with van der Waals surface area (Å²) in [5.74, 6) is 0. The fourth-order valence-electron chi connectivity index (χ4n) is 1.40. The first kappa shape index (κ1) is 11.0. The molecule has 2 aromatic heterocycles. The van der Waals surface area contributed by atoms with Gasteiger partial charge in [-0.2, -0.15) is 5.26 Å². The standard InChI is InChI=1S/C11H7Cl2N3/c12-10-4-3-8(11(13)15-10)7-16-5-1-2-9(16)6-14/h1-5H,7H2. The van der Waals surface area contributed by atoms with Crippen molar-refractivity contribution in [2.24, 2.45) is 0 Å². The van der Waals surface area contributed by atoms with Gasteiger partial charge in [0.1, 0.15) is 22.1 Å².